The van der Waals surface area contributed by atoms with Crippen LogP contribution in [0.2, 0.25) is 0 Å². The van der Waals surface area contributed by atoms with E-state index >= 15 is 0 Å². The van der Waals surface area contributed by atoms with Gasteiger partial charge in [0.05, 0.1) is 13.2 Å². The van der Waals surface area contributed by atoms with Gasteiger partial charge in [0, 0.05) is 31.1 Å². The highest BCUT2D eigenvalue weighted by Gasteiger charge is 2.27. The second kappa shape index (κ2) is 7.55. The van der Waals surface area contributed by atoms with Crippen LogP contribution in [0.15, 0.2) is 48.5 Å². The Morgan fingerprint density at radius 1 is 1.17 bits per heavy atom. The third kappa shape index (κ3) is 3.88. The summed E-state index contributed by atoms with van der Waals surface area (Å²) in [7, 11) is 1.67. The second-order valence-corrected chi connectivity index (χ2v) is 5.76. The zero-order chi connectivity index (χ0) is 16.1. The van der Waals surface area contributed by atoms with Crippen LogP contribution in [0.25, 0.3) is 0 Å². The van der Waals surface area contributed by atoms with E-state index in [9.17, 15) is 4.39 Å². The lowest BCUT2D eigenvalue weighted by atomic mass is 9.95. The van der Waals surface area contributed by atoms with E-state index in [-0.39, 0.29) is 11.9 Å². The Morgan fingerprint density at radius 2 is 1.96 bits per heavy atom. The van der Waals surface area contributed by atoms with Crippen molar-refractivity contribution in [1.29, 1.82) is 0 Å². The van der Waals surface area contributed by atoms with Crippen LogP contribution in [-0.2, 0) is 6.54 Å². The molecule has 2 unspecified atom stereocenters. The molecule has 1 heterocycles. The van der Waals surface area contributed by atoms with Gasteiger partial charge < -0.3 is 10.1 Å². The van der Waals surface area contributed by atoms with Crippen LogP contribution < -0.4 is 20.9 Å². The smallest absolute Gasteiger partial charge is 0.127 e. The van der Waals surface area contributed by atoms with E-state index in [4.69, 9.17) is 4.74 Å². The Hall–Kier alpha value is -1.95. The first kappa shape index (κ1) is 15.9. The lowest BCUT2D eigenvalue weighted by Crippen LogP contribution is -2.28. The molecule has 0 saturated carbocycles. The third-order valence-corrected chi connectivity index (χ3v) is 4.25. The Kier molecular flexibility index (Phi) is 5.23. The molecule has 1 aliphatic heterocycles. The van der Waals surface area contributed by atoms with Crippen molar-refractivity contribution in [3.63, 3.8) is 0 Å². The summed E-state index contributed by atoms with van der Waals surface area (Å²) in [6.07, 6.45) is 0. The van der Waals surface area contributed by atoms with Crippen molar-refractivity contribution >= 4 is 0 Å². The van der Waals surface area contributed by atoms with Crippen LogP contribution >= 0.6 is 0 Å². The molecule has 2 atom stereocenters. The number of rotatable bonds is 6. The molecule has 0 radical (unpaired) electrons. The first-order valence-corrected chi connectivity index (χ1v) is 7.84. The summed E-state index contributed by atoms with van der Waals surface area (Å²) in [4.78, 5) is 0. The highest BCUT2D eigenvalue weighted by atomic mass is 19.1. The fourth-order valence-electron chi connectivity index (χ4n) is 2.93. The lowest BCUT2D eigenvalue weighted by Gasteiger charge is -2.19. The molecule has 1 saturated heterocycles. The molecule has 0 aliphatic carbocycles. The van der Waals surface area contributed by atoms with Gasteiger partial charge in [-0.15, -0.1) is 0 Å². The predicted molar refractivity (Wildman–Crippen MR) is 88.5 cm³/mol. The van der Waals surface area contributed by atoms with Crippen molar-refractivity contribution in [1.82, 2.24) is 16.2 Å². The molecule has 3 rings (SSSR count). The highest BCUT2D eigenvalue weighted by Crippen LogP contribution is 2.26. The largest absolute Gasteiger partial charge is 0.497 e. The molecule has 1 aliphatic rings. The summed E-state index contributed by atoms with van der Waals surface area (Å²) in [6.45, 7) is 2.23. The SMILES string of the molecule is COc1ccc(C2NNCC2CNCc2ccccc2F)cc1. The zero-order valence-corrected chi connectivity index (χ0v) is 13.2. The summed E-state index contributed by atoms with van der Waals surface area (Å²) in [5, 5.41) is 3.36. The lowest BCUT2D eigenvalue weighted by molar-refractivity contribution is 0.412. The molecular formula is C18H22FN3O. The van der Waals surface area contributed by atoms with Crippen molar-refractivity contribution in [3.8, 4) is 5.75 Å². The number of ether oxygens (including phenoxy) is 1. The van der Waals surface area contributed by atoms with Crippen molar-refractivity contribution in [2.75, 3.05) is 20.2 Å². The molecule has 0 amide bonds. The molecule has 0 spiro atoms. The molecule has 122 valence electrons. The second-order valence-electron chi connectivity index (χ2n) is 5.76. The van der Waals surface area contributed by atoms with Gasteiger partial charge in [0.15, 0.2) is 0 Å². The monoisotopic (exact) mass is 315 g/mol. The highest BCUT2D eigenvalue weighted by molar-refractivity contribution is 5.30. The predicted octanol–water partition coefficient (Wildman–Crippen LogP) is 2.39. The van der Waals surface area contributed by atoms with Crippen molar-refractivity contribution in [3.05, 3.63) is 65.5 Å². The van der Waals surface area contributed by atoms with Crippen LogP contribution in [0.1, 0.15) is 17.2 Å². The number of hydrogen-bond acceptors (Lipinski definition) is 4. The summed E-state index contributed by atoms with van der Waals surface area (Å²) in [5.41, 5.74) is 8.45. The standard InChI is InChI=1S/C18H22FN3O/c1-23-16-8-6-13(7-9-16)18-15(12-21-22-18)11-20-10-14-4-2-3-5-17(14)19/h2-9,15,18,20-22H,10-12H2,1H3. The van der Waals surface area contributed by atoms with E-state index in [1.807, 2.05) is 24.3 Å². The molecule has 23 heavy (non-hydrogen) atoms. The van der Waals surface area contributed by atoms with E-state index in [2.05, 4.69) is 28.3 Å². The molecule has 0 aromatic heterocycles. The van der Waals surface area contributed by atoms with Gasteiger partial charge in [-0.2, -0.15) is 0 Å². The van der Waals surface area contributed by atoms with Gasteiger partial charge in [-0.3, -0.25) is 5.43 Å². The van der Waals surface area contributed by atoms with E-state index in [1.165, 1.54) is 11.6 Å². The molecule has 5 heteroatoms. The van der Waals surface area contributed by atoms with Gasteiger partial charge in [-0.05, 0) is 23.8 Å². The van der Waals surface area contributed by atoms with Crippen LogP contribution in [0, 0.1) is 11.7 Å². The summed E-state index contributed by atoms with van der Waals surface area (Å²) < 4.78 is 18.8. The van der Waals surface area contributed by atoms with Crippen molar-refractivity contribution in [2.24, 2.45) is 5.92 Å². The van der Waals surface area contributed by atoms with E-state index in [0.29, 0.717) is 18.0 Å². The maximum atomic E-state index is 13.6. The first-order chi connectivity index (χ1) is 11.3. The third-order valence-electron chi connectivity index (χ3n) is 4.25. The van der Waals surface area contributed by atoms with Gasteiger partial charge in [-0.25, -0.2) is 9.82 Å². The normalized spacial score (nSPS) is 20.6. The van der Waals surface area contributed by atoms with Gasteiger partial charge in [-0.1, -0.05) is 30.3 Å². The quantitative estimate of drug-likeness (QED) is 0.766. The van der Waals surface area contributed by atoms with Crippen LogP contribution in [0.5, 0.6) is 5.75 Å². The molecule has 4 nitrogen and oxygen atoms in total. The molecule has 1 fully saturated rings. The Bertz CT molecular complexity index is 632. The molecular weight excluding hydrogens is 293 g/mol. The minimum Gasteiger partial charge on any atom is -0.497 e. The van der Waals surface area contributed by atoms with Gasteiger partial charge >= 0.3 is 0 Å². The van der Waals surface area contributed by atoms with Gasteiger partial charge in [0.25, 0.3) is 0 Å². The van der Waals surface area contributed by atoms with Gasteiger partial charge in [0.2, 0.25) is 0 Å². The van der Waals surface area contributed by atoms with Crippen molar-refractivity contribution in [2.45, 2.75) is 12.6 Å². The number of benzene rings is 2. The summed E-state index contributed by atoms with van der Waals surface area (Å²) >= 11 is 0. The van der Waals surface area contributed by atoms with E-state index < -0.39 is 0 Å². The minimum atomic E-state index is -0.158. The molecule has 2 aromatic rings. The number of hydrazine groups is 1. The Balaban J connectivity index is 1.57. The number of methoxy groups -OCH3 is 1. The Morgan fingerprint density at radius 3 is 2.70 bits per heavy atom. The van der Waals surface area contributed by atoms with Crippen LogP contribution in [-0.4, -0.2) is 20.2 Å². The Labute approximate surface area is 136 Å². The number of hydrogen-bond donors (Lipinski definition) is 3. The number of halogens is 1. The van der Waals surface area contributed by atoms with Crippen LogP contribution in [0.3, 0.4) is 0 Å². The van der Waals surface area contributed by atoms with E-state index in [0.717, 1.165) is 18.8 Å². The van der Waals surface area contributed by atoms with E-state index in [1.54, 1.807) is 13.2 Å². The topological polar surface area (TPSA) is 45.3 Å². The average molecular weight is 315 g/mol. The first-order valence-electron chi connectivity index (χ1n) is 7.84. The fourth-order valence-corrected chi connectivity index (χ4v) is 2.93. The van der Waals surface area contributed by atoms with Crippen LogP contribution in [0.4, 0.5) is 4.39 Å². The van der Waals surface area contributed by atoms with Crippen molar-refractivity contribution < 1.29 is 9.13 Å². The maximum absolute atomic E-state index is 13.6. The van der Waals surface area contributed by atoms with Gasteiger partial charge in [0.1, 0.15) is 11.6 Å². The summed E-state index contributed by atoms with van der Waals surface area (Å²) in [6, 6.07) is 15.2. The minimum absolute atomic E-state index is 0.158. The fraction of sp³-hybridized carbons (Fsp3) is 0.333. The zero-order valence-electron chi connectivity index (χ0n) is 13.2. The number of nitrogens with one attached hydrogen (secondary N) is 3. The summed E-state index contributed by atoms with van der Waals surface area (Å²) in [5.74, 6) is 1.10. The average Bonchev–Trinajstić information content (AvgIpc) is 3.05. The maximum Gasteiger partial charge on any atom is 0.127 e. The molecule has 2 aromatic carbocycles. The molecule has 0 bridgehead atoms. The molecule has 3 N–H and O–H groups in total.